The second kappa shape index (κ2) is 5.95. The Kier molecular flexibility index (Phi) is 5.68. The van der Waals surface area contributed by atoms with Gasteiger partial charge in [-0.25, -0.2) is 0 Å². The molecule has 0 radical (unpaired) electrons. The van der Waals surface area contributed by atoms with Gasteiger partial charge < -0.3 is 0 Å². The highest BCUT2D eigenvalue weighted by atomic mass is 16.1. The summed E-state index contributed by atoms with van der Waals surface area (Å²) in [6, 6.07) is 0. The van der Waals surface area contributed by atoms with Crippen LogP contribution in [0.1, 0.15) is 41.0 Å². The first-order valence-corrected chi connectivity index (χ1v) is 5.13. The summed E-state index contributed by atoms with van der Waals surface area (Å²) >= 11 is 0. The molecule has 0 aromatic heterocycles. The van der Waals surface area contributed by atoms with Gasteiger partial charge in [-0.15, -0.1) is 0 Å². The molecule has 1 unspecified atom stereocenters. The maximum absolute atomic E-state index is 10.7. The molecule has 0 heterocycles. The summed E-state index contributed by atoms with van der Waals surface area (Å²) in [6.07, 6.45) is 4.01. The Morgan fingerprint density at radius 1 is 1.15 bits per heavy atom. The lowest BCUT2D eigenvalue weighted by Crippen LogP contribution is -2.03. The Morgan fingerprint density at radius 3 is 2.00 bits per heavy atom. The van der Waals surface area contributed by atoms with E-state index in [0.29, 0.717) is 17.8 Å². The SMILES string of the molecule is CC(C)C/C(C=O)=C/C(C)C(C)C. The summed E-state index contributed by atoms with van der Waals surface area (Å²) in [6.45, 7) is 10.8. The number of hydrogen-bond acceptors (Lipinski definition) is 1. The molecule has 0 aromatic rings. The van der Waals surface area contributed by atoms with Crippen LogP contribution in [0.15, 0.2) is 11.6 Å². The summed E-state index contributed by atoms with van der Waals surface area (Å²) in [5.41, 5.74) is 0.955. The molecule has 0 fully saturated rings. The molecule has 1 atom stereocenters. The van der Waals surface area contributed by atoms with Gasteiger partial charge in [0.05, 0.1) is 0 Å². The quantitative estimate of drug-likeness (QED) is 0.470. The molecule has 0 aliphatic heterocycles. The molecular weight excluding hydrogens is 160 g/mol. The number of aldehydes is 1. The third-order valence-electron chi connectivity index (χ3n) is 2.32. The van der Waals surface area contributed by atoms with Gasteiger partial charge in [-0.3, -0.25) is 4.79 Å². The van der Waals surface area contributed by atoms with Crippen LogP contribution in [0.4, 0.5) is 0 Å². The monoisotopic (exact) mass is 182 g/mol. The number of carbonyl (C=O) groups is 1. The fourth-order valence-electron chi connectivity index (χ4n) is 1.16. The molecule has 1 heteroatoms. The largest absolute Gasteiger partial charge is 0.298 e. The van der Waals surface area contributed by atoms with Crippen molar-refractivity contribution in [3.63, 3.8) is 0 Å². The highest BCUT2D eigenvalue weighted by Crippen LogP contribution is 2.16. The van der Waals surface area contributed by atoms with Crippen LogP contribution in [0.5, 0.6) is 0 Å². The smallest absolute Gasteiger partial charge is 0.145 e. The van der Waals surface area contributed by atoms with E-state index in [2.05, 4.69) is 40.7 Å². The Balaban J connectivity index is 4.29. The average Bonchev–Trinajstić information content (AvgIpc) is 2.02. The fraction of sp³-hybridized carbons (Fsp3) is 0.750. The standard InChI is InChI=1S/C12H22O/c1-9(2)6-12(8-13)7-11(5)10(3)4/h7-11H,6H2,1-5H3/b12-7-. The summed E-state index contributed by atoms with van der Waals surface area (Å²) in [5.74, 6) is 1.68. The third-order valence-corrected chi connectivity index (χ3v) is 2.32. The molecule has 0 aliphatic carbocycles. The van der Waals surface area contributed by atoms with Crippen molar-refractivity contribution in [1.82, 2.24) is 0 Å². The highest BCUT2D eigenvalue weighted by molar-refractivity contribution is 5.73. The second-order valence-electron chi connectivity index (χ2n) is 4.56. The van der Waals surface area contributed by atoms with Gasteiger partial charge >= 0.3 is 0 Å². The van der Waals surface area contributed by atoms with Gasteiger partial charge in [-0.05, 0) is 29.7 Å². The Morgan fingerprint density at radius 2 is 1.69 bits per heavy atom. The minimum Gasteiger partial charge on any atom is -0.298 e. The van der Waals surface area contributed by atoms with Gasteiger partial charge in [0.15, 0.2) is 0 Å². The van der Waals surface area contributed by atoms with Crippen molar-refractivity contribution in [3.05, 3.63) is 11.6 Å². The molecule has 76 valence electrons. The van der Waals surface area contributed by atoms with Gasteiger partial charge in [0, 0.05) is 0 Å². The number of carbonyl (C=O) groups excluding carboxylic acids is 1. The predicted molar refractivity (Wildman–Crippen MR) is 57.6 cm³/mol. The van der Waals surface area contributed by atoms with E-state index in [1.165, 1.54) is 0 Å². The number of hydrogen-bond donors (Lipinski definition) is 0. The normalized spacial score (nSPS) is 15.2. The first-order chi connectivity index (χ1) is 5.97. The number of rotatable bonds is 5. The van der Waals surface area contributed by atoms with Crippen LogP contribution in [0.2, 0.25) is 0 Å². The van der Waals surface area contributed by atoms with Crippen LogP contribution in [0, 0.1) is 17.8 Å². The first-order valence-electron chi connectivity index (χ1n) is 5.13. The van der Waals surface area contributed by atoms with Gasteiger partial charge in [0.2, 0.25) is 0 Å². The molecule has 13 heavy (non-hydrogen) atoms. The molecule has 0 saturated carbocycles. The fourth-order valence-corrected chi connectivity index (χ4v) is 1.16. The van der Waals surface area contributed by atoms with E-state index in [1.807, 2.05) is 0 Å². The zero-order valence-electron chi connectivity index (χ0n) is 9.50. The van der Waals surface area contributed by atoms with E-state index in [1.54, 1.807) is 0 Å². The van der Waals surface area contributed by atoms with Gasteiger partial charge in [-0.2, -0.15) is 0 Å². The Bertz CT molecular complexity index is 178. The Hall–Kier alpha value is -0.590. The molecule has 0 N–H and O–H groups in total. The van der Waals surface area contributed by atoms with E-state index in [9.17, 15) is 4.79 Å². The lowest BCUT2D eigenvalue weighted by atomic mass is 9.93. The van der Waals surface area contributed by atoms with Crippen LogP contribution >= 0.6 is 0 Å². The molecule has 0 saturated heterocycles. The minimum absolute atomic E-state index is 0.499. The number of allylic oxidation sites excluding steroid dienone is 2. The maximum Gasteiger partial charge on any atom is 0.145 e. The molecule has 0 bridgehead atoms. The highest BCUT2D eigenvalue weighted by Gasteiger charge is 2.06. The van der Waals surface area contributed by atoms with Crippen molar-refractivity contribution in [2.75, 3.05) is 0 Å². The average molecular weight is 182 g/mol. The van der Waals surface area contributed by atoms with Crippen molar-refractivity contribution in [2.24, 2.45) is 17.8 Å². The van der Waals surface area contributed by atoms with Gasteiger partial charge in [0.25, 0.3) is 0 Å². The summed E-state index contributed by atoms with van der Waals surface area (Å²) in [4.78, 5) is 10.7. The zero-order chi connectivity index (χ0) is 10.4. The first kappa shape index (κ1) is 12.4. The predicted octanol–water partition coefficient (Wildman–Crippen LogP) is 3.45. The van der Waals surface area contributed by atoms with E-state index in [-0.39, 0.29) is 0 Å². The van der Waals surface area contributed by atoms with E-state index in [4.69, 9.17) is 0 Å². The van der Waals surface area contributed by atoms with Crippen molar-refractivity contribution >= 4 is 6.29 Å². The van der Waals surface area contributed by atoms with E-state index in [0.717, 1.165) is 18.3 Å². The summed E-state index contributed by atoms with van der Waals surface area (Å²) in [7, 11) is 0. The zero-order valence-corrected chi connectivity index (χ0v) is 9.50. The minimum atomic E-state index is 0.499. The van der Waals surface area contributed by atoms with Crippen LogP contribution in [0.3, 0.4) is 0 Å². The van der Waals surface area contributed by atoms with E-state index < -0.39 is 0 Å². The van der Waals surface area contributed by atoms with Crippen molar-refractivity contribution < 1.29 is 4.79 Å². The summed E-state index contributed by atoms with van der Waals surface area (Å²) in [5, 5.41) is 0. The van der Waals surface area contributed by atoms with Gasteiger partial charge in [-0.1, -0.05) is 40.7 Å². The molecule has 0 aromatic carbocycles. The maximum atomic E-state index is 10.7. The molecule has 0 amide bonds. The summed E-state index contributed by atoms with van der Waals surface area (Å²) < 4.78 is 0. The van der Waals surface area contributed by atoms with Crippen LogP contribution in [-0.2, 0) is 4.79 Å². The van der Waals surface area contributed by atoms with Gasteiger partial charge in [0.1, 0.15) is 6.29 Å². The lowest BCUT2D eigenvalue weighted by Gasteiger charge is -2.12. The van der Waals surface area contributed by atoms with E-state index >= 15 is 0 Å². The molecule has 0 rings (SSSR count). The topological polar surface area (TPSA) is 17.1 Å². The third kappa shape index (κ3) is 5.62. The molecule has 0 spiro atoms. The Labute approximate surface area is 82.2 Å². The lowest BCUT2D eigenvalue weighted by molar-refractivity contribution is -0.105. The van der Waals surface area contributed by atoms with Crippen LogP contribution < -0.4 is 0 Å². The van der Waals surface area contributed by atoms with Crippen molar-refractivity contribution in [3.8, 4) is 0 Å². The molecule has 0 aliphatic rings. The van der Waals surface area contributed by atoms with Crippen LogP contribution in [-0.4, -0.2) is 6.29 Å². The molecular formula is C12H22O. The van der Waals surface area contributed by atoms with Crippen molar-refractivity contribution in [2.45, 2.75) is 41.0 Å². The van der Waals surface area contributed by atoms with Crippen molar-refractivity contribution in [1.29, 1.82) is 0 Å². The van der Waals surface area contributed by atoms with Crippen LogP contribution in [0.25, 0.3) is 0 Å². The molecule has 1 nitrogen and oxygen atoms in total. The second-order valence-corrected chi connectivity index (χ2v) is 4.56.